The van der Waals surface area contributed by atoms with Crippen molar-refractivity contribution in [3.63, 3.8) is 0 Å². The van der Waals surface area contributed by atoms with E-state index in [1.165, 1.54) is 12.8 Å². The molecular formula is C10H11BrO2. The largest absolute Gasteiger partial charge is 0.495 e. The van der Waals surface area contributed by atoms with Gasteiger partial charge in [-0.2, -0.15) is 0 Å². The van der Waals surface area contributed by atoms with Crippen LogP contribution < -0.4 is 9.47 Å². The Morgan fingerprint density at radius 1 is 1.38 bits per heavy atom. The molecule has 0 bridgehead atoms. The summed E-state index contributed by atoms with van der Waals surface area (Å²) in [6.45, 7) is 0. The predicted octanol–water partition coefficient (Wildman–Crippen LogP) is 3.00. The van der Waals surface area contributed by atoms with Crippen LogP contribution in [-0.4, -0.2) is 13.2 Å². The fraction of sp³-hybridized carbons (Fsp3) is 0.400. The van der Waals surface area contributed by atoms with Gasteiger partial charge in [0.15, 0.2) is 0 Å². The Morgan fingerprint density at radius 2 is 2.15 bits per heavy atom. The number of halogens is 1. The Hall–Kier alpha value is -0.700. The monoisotopic (exact) mass is 242 g/mol. The average molecular weight is 243 g/mol. The van der Waals surface area contributed by atoms with Crippen molar-refractivity contribution in [3.05, 3.63) is 22.7 Å². The average Bonchev–Trinajstić information content (AvgIpc) is 2.92. The molecule has 0 unspecified atom stereocenters. The molecule has 1 aliphatic rings. The number of ether oxygens (including phenoxy) is 2. The molecule has 1 aromatic carbocycles. The summed E-state index contributed by atoms with van der Waals surface area (Å²) in [5.74, 6) is 1.71. The van der Waals surface area contributed by atoms with Gasteiger partial charge in [-0.15, -0.1) is 0 Å². The van der Waals surface area contributed by atoms with Gasteiger partial charge in [0.05, 0.1) is 17.7 Å². The first kappa shape index (κ1) is 8.88. The van der Waals surface area contributed by atoms with Gasteiger partial charge in [0, 0.05) is 6.07 Å². The Balaban J connectivity index is 2.16. The highest BCUT2D eigenvalue weighted by atomic mass is 79.9. The lowest BCUT2D eigenvalue weighted by Crippen LogP contribution is -1.96. The lowest BCUT2D eigenvalue weighted by Gasteiger charge is -2.07. The molecule has 0 aromatic heterocycles. The fourth-order valence-electron chi connectivity index (χ4n) is 1.09. The van der Waals surface area contributed by atoms with Crippen LogP contribution >= 0.6 is 15.9 Å². The van der Waals surface area contributed by atoms with Crippen molar-refractivity contribution in [1.82, 2.24) is 0 Å². The van der Waals surface area contributed by atoms with Gasteiger partial charge in [-0.05, 0) is 40.9 Å². The summed E-state index contributed by atoms with van der Waals surface area (Å²) >= 11 is 3.39. The molecule has 1 fully saturated rings. The second-order valence-corrected chi connectivity index (χ2v) is 3.97. The molecule has 2 rings (SSSR count). The zero-order valence-corrected chi connectivity index (χ0v) is 9.00. The molecule has 0 heterocycles. The van der Waals surface area contributed by atoms with Gasteiger partial charge in [0.1, 0.15) is 11.5 Å². The maximum absolute atomic E-state index is 5.62. The molecule has 1 saturated carbocycles. The first-order chi connectivity index (χ1) is 6.29. The number of methoxy groups -OCH3 is 1. The van der Waals surface area contributed by atoms with E-state index in [1.54, 1.807) is 7.11 Å². The van der Waals surface area contributed by atoms with Gasteiger partial charge in [-0.25, -0.2) is 0 Å². The van der Waals surface area contributed by atoms with Crippen molar-refractivity contribution < 1.29 is 9.47 Å². The molecule has 0 saturated heterocycles. The third-order valence-corrected chi connectivity index (χ3v) is 2.60. The van der Waals surface area contributed by atoms with Crippen molar-refractivity contribution in [3.8, 4) is 11.5 Å². The number of hydrogen-bond acceptors (Lipinski definition) is 2. The van der Waals surface area contributed by atoms with Crippen LogP contribution in [0.3, 0.4) is 0 Å². The van der Waals surface area contributed by atoms with Gasteiger partial charge in [-0.1, -0.05) is 0 Å². The van der Waals surface area contributed by atoms with Crippen molar-refractivity contribution in [2.75, 3.05) is 7.11 Å². The van der Waals surface area contributed by atoms with Crippen LogP contribution in [0.1, 0.15) is 12.8 Å². The quantitative estimate of drug-likeness (QED) is 0.812. The summed E-state index contributed by atoms with van der Waals surface area (Å²) in [5.41, 5.74) is 0. The van der Waals surface area contributed by atoms with E-state index >= 15 is 0 Å². The van der Waals surface area contributed by atoms with Crippen LogP contribution in [-0.2, 0) is 0 Å². The normalized spacial score (nSPS) is 15.5. The van der Waals surface area contributed by atoms with E-state index in [1.807, 2.05) is 18.2 Å². The molecule has 1 aliphatic carbocycles. The van der Waals surface area contributed by atoms with Crippen molar-refractivity contribution >= 4 is 15.9 Å². The topological polar surface area (TPSA) is 18.5 Å². The maximum Gasteiger partial charge on any atom is 0.136 e. The zero-order valence-electron chi connectivity index (χ0n) is 7.42. The summed E-state index contributed by atoms with van der Waals surface area (Å²) in [6.07, 6.45) is 2.79. The van der Waals surface area contributed by atoms with E-state index in [4.69, 9.17) is 9.47 Å². The third-order valence-electron chi connectivity index (χ3n) is 1.95. The molecule has 1 aromatic rings. The summed E-state index contributed by atoms with van der Waals surface area (Å²) in [6, 6.07) is 5.80. The summed E-state index contributed by atoms with van der Waals surface area (Å²) in [4.78, 5) is 0. The van der Waals surface area contributed by atoms with E-state index in [0.29, 0.717) is 6.10 Å². The SMILES string of the molecule is COc1cc(OC2CC2)ccc1Br. The molecule has 0 amide bonds. The van der Waals surface area contributed by atoms with Gasteiger partial charge < -0.3 is 9.47 Å². The highest BCUT2D eigenvalue weighted by Crippen LogP contribution is 2.32. The minimum absolute atomic E-state index is 0.436. The minimum atomic E-state index is 0.436. The number of hydrogen-bond donors (Lipinski definition) is 0. The van der Waals surface area contributed by atoms with E-state index < -0.39 is 0 Å². The molecule has 0 aliphatic heterocycles. The van der Waals surface area contributed by atoms with Crippen molar-refractivity contribution in [2.24, 2.45) is 0 Å². The highest BCUT2D eigenvalue weighted by molar-refractivity contribution is 9.10. The highest BCUT2D eigenvalue weighted by Gasteiger charge is 2.23. The van der Waals surface area contributed by atoms with Crippen LogP contribution in [0.5, 0.6) is 11.5 Å². The van der Waals surface area contributed by atoms with E-state index in [2.05, 4.69) is 15.9 Å². The van der Waals surface area contributed by atoms with E-state index in [9.17, 15) is 0 Å². The van der Waals surface area contributed by atoms with Crippen molar-refractivity contribution in [1.29, 1.82) is 0 Å². The van der Waals surface area contributed by atoms with Crippen LogP contribution in [0.15, 0.2) is 22.7 Å². The van der Waals surface area contributed by atoms with Gasteiger partial charge >= 0.3 is 0 Å². The Bertz CT molecular complexity index is 308. The first-order valence-corrected chi connectivity index (χ1v) is 5.09. The zero-order chi connectivity index (χ0) is 9.26. The van der Waals surface area contributed by atoms with Crippen LogP contribution in [0.2, 0.25) is 0 Å². The summed E-state index contributed by atoms with van der Waals surface area (Å²) in [5, 5.41) is 0. The molecule has 0 radical (unpaired) electrons. The van der Waals surface area contributed by atoms with E-state index in [0.717, 1.165) is 16.0 Å². The molecule has 13 heavy (non-hydrogen) atoms. The molecule has 0 spiro atoms. The Labute approximate surface area is 86.0 Å². The van der Waals surface area contributed by atoms with Gasteiger partial charge in [0.2, 0.25) is 0 Å². The van der Waals surface area contributed by atoms with Crippen LogP contribution in [0, 0.1) is 0 Å². The third kappa shape index (κ3) is 2.15. The molecule has 0 N–H and O–H groups in total. The predicted molar refractivity (Wildman–Crippen MR) is 54.3 cm³/mol. The lowest BCUT2D eigenvalue weighted by molar-refractivity contribution is 0.300. The fourth-order valence-corrected chi connectivity index (χ4v) is 1.50. The Morgan fingerprint density at radius 3 is 2.77 bits per heavy atom. The van der Waals surface area contributed by atoms with Crippen LogP contribution in [0.4, 0.5) is 0 Å². The molecule has 0 atom stereocenters. The molecular weight excluding hydrogens is 232 g/mol. The first-order valence-electron chi connectivity index (χ1n) is 4.30. The maximum atomic E-state index is 5.62. The van der Waals surface area contributed by atoms with Crippen molar-refractivity contribution in [2.45, 2.75) is 18.9 Å². The molecule has 70 valence electrons. The van der Waals surface area contributed by atoms with Crippen LogP contribution in [0.25, 0.3) is 0 Å². The standard InChI is InChI=1S/C10H11BrO2/c1-12-10-6-8(4-5-9(10)11)13-7-2-3-7/h4-7H,2-3H2,1H3. The lowest BCUT2D eigenvalue weighted by atomic mass is 10.3. The second-order valence-electron chi connectivity index (χ2n) is 3.11. The summed E-state index contributed by atoms with van der Waals surface area (Å²) in [7, 11) is 1.65. The minimum Gasteiger partial charge on any atom is -0.495 e. The summed E-state index contributed by atoms with van der Waals surface area (Å²) < 4.78 is 11.7. The second kappa shape index (κ2) is 3.58. The van der Waals surface area contributed by atoms with Gasteiger partial charge in [0.25, 0.3) is 0 Å². The van der Waals surface area contributed by atoms with E-state index in [-0.39, 0.29) is 0 Å². The van der Waals surface area contributed by atoms with Gasteiger partial charge in [-0.3, -0.25) is 0 Å². The number of rotatable bonds is 3. The smallest absolute Gasteiger partial charge is 0.136 e. The molecule has 3 heteroatoms. The Kier molecular flexibility index (Phi) is 2.44. The molecule has 2 nitrogen and oxygen atoms in total. The number of benzene rings is 1.